The number of nitrogens with one attached hydrogen (secondary N) is 2. The molecule has 2 N–H and O–H groups in total. The molecule has 4 heterocycles. The first-order valence-corrected chi connectivity index (χ1v) is 10.9. The number of piperidine rings is 1. The van der Waals surface area contributed by atoms with Gasteiger partial charge in [-0.05, 0) is 44.1 Å². The van der Waals surface area contributed by atoms with Crippen molar-refractivity contribution in [3.63, 3.8) is 0 Å². The van der Waals surface area contributed by atoms with Crippen molar-refractivity contribution >= 4 is 11.5 Å². The van der Waals surface area contributed by atoms with Crippen molar-refractivity contribution in [2.24, 2.45) is 0 Å². The predicted octanol–water partition coefficient (Wildman–Crippen LogP) is 1.79. The van der Waals surface area contributed by atoms with E-state index in [9.17, 15) is 0 Å². The second-order valence-corrected chi connectivity index (χ2v) is 8.21. The van der Waals surface area contributed by atoms with Crippen molar-refractivity contribution in [3.05, 3.63) is 30.3 Å². The first-order valence-electron chi connectivity index (χ1n) is 10.9. The average Bonchev–Trinajstić information content (AvgIpc) is 2.82. The number of fused-ring (bicyclic) bond motifs is 3. The third-order valence-electron chi connectivity index (χ3n) is 6.42. The molecule has 0 aliphatic carbocycles. The molecule has 0 radical (unpaired) electrons. The summed E-state index contributed by atoms with van der Waals surface area (Å²) in [6.07, 6.45) is 2.51. The zero-order valence-electron chi connectivity index (χ0n) is 17.5. The largest absolute Gasteiger partial charge is 0.467 e. The Morgan fingerprint density at radius 2 is 1.97 bits per heavy atom. The van der Waals surface area contributed by atoms with Crippen LogP contribution in [0.2, 0.25) is 0 Å². The minimum absolute atomic E-state index is 0.206. The molecule has 3 aliphatic heterocycles. The summed E-state index contributed by atoms with van der Waals surface area (Å²) >= 11 is 0. The molecule has 160 valence electrons. The van der Waals surface area contributed by atoms with Crippen LogP contribution in [0.1, 0.15) is 12.8 Å². The van der Waals surface area contributed by atoms with Gasteiger partial charge in [-0.3, -0.25) is 4.90 Å². The molecule has 1 aromatic carbocycles. The standard InChI is InChI=1S/C22H30N6O2/c1-29-15-30-21-5-3-2-4-18(21)19-12-20-22(26-25-19)24-13-17-14-27(10-11-28(17)20)16-6-8-23-9-7-16/h2-5,12,16-17,23H,6-11,13-15H2,1H3,(H,24,26)/t17-/m0/s1. The van der Waals surface area contributed by atoms with Crippen LogP contribution in [0.5, 0.6) is 5.75 Å². The second kappa shape index (κ2) is 8.75. The van der Waals surface area contributed by atoms with Crippen molar-refractivity contribution in [1.29, 1.82) is 0 Å². The predicted molar refractivity (Wildman–Crippen MR) is 117 cm³/mol. The summed E-state index contributed by atoms with van der Waals surface area (Å²) in [5.74, 6) is 1.63. The van der Waals surface area contributed by atoms with E-state index in [1.165, 1.54) is 12.8 Å². The van der Waals surface area contributed by atoms with Crippen molar-refractivity contribution in [1.82, 2.24) is 20.4 Å². The van der Waals surface area contributed by atoms with Crippen molar-refractivity contribution in [3.8, 4) is 17.0 Å². The summed E-state index contributed by atoms with van der Waals surface area (Å²) in [7, 11) is 1.62. The van der Waals surface area contributed by atoms with Gasteiger partial charge in [0.2, 0.25) is 0 Å². The lowest BCUT2D eigenvalue weighted by Gasteiger charge is -2.48. The lowest BCUT2D eigenvalue weighted by atomic mass is 10.00. The van der Waals surface area contributed by atoms with E-state index in [0.29, 0.717) is 12.1 Å². The Kier molecular flexibility index (Phi) is 5.70. The molecule has 5 rings (SSSR count). The molecule has 3 aliphatic rings. The fourth-order valence-electron chi connectivity index (χ4n) is 4.87. The van der Waals surface area contributed by atoms with E-state index in [-0.39, 0.29) is 6.79 Å². The number of nitrogens with zero attached hydrogens (tertiary/aromatic N) is 4. The fraction of sp³-hybridized carbons (Fsp3) is 0.545. The van der Waals surface area contributed by atoms with E-state index in [1.54, 1.807) is 7.11 Å². The van der Waals surface area contributed by atoms with Crippen LogP contribution in [0, 0.1) is 0 Å². The van der Waals surface area contributed by atoms with E-state index in [4.69, 9.17) is 9.47 Å². The third-order valence-corrected chi connectivity index (χ3v) is 6.42. The molecule has 0 bridgehead atoms. The third kappa shape index (κ3) is 3.82. The normalized spacial score (nSPS) is 22.2. The zero-order valence-corrected chi connectivity index (χ0v) is 17.5. The Bertz CT molecular complexity index is 872. The lowest BCUT2D eigenvalue weighted by Crippen LogP contribution is -2.60. The Labute approximate surface area is 177 Å². The molecule has 2 aromatic rings. The maximum absolute atomic E-state index is 5.74. The number of para-hydroxylation sites is 1. The van der Waals surface area contributed by atoms with Crippen LogP contribution in [0.25, 0.3) is 11.3 Å². The second-order valence-electron chi connectivity index (χ2n) is 8.21. The molecular formula is C22H30N6O2. The molecule has 0 unspecified atom stereocenters. The summed E-state index contributed by atoms with van der Waals surface area (Å²) < 4.78 is 10.8. The summed E-state index contributed by atoms with van der Waals surface area (Å²) in [5.41, 5.74) is 2.90. The molecule has 0 amide bonds. The van der Waals surface area contributed by atoms with Crippen LogP contribution in [0.4, 0.5) is 11.5 Å². The molecule has 1 aromatic heterocycles. The number of hydrogen-bond acceptors (Lipinski definition) is 8. The lowest BCUT2D eigenvalue weighted by molar-refractivity contribution is 0.0515. The Balaban J connectivity index is 1.38. The van der Waals surface area contributed by atoms with Crippen LogP contribution in [0.3, 0.4) is 0 Å². The highest BCUT2D eigenvalue weighted by Crippen LogP contribution is 2.36. The number of ether oxygens (including phenoxy) is 2. The molecule has 0 saturated carbocycles. The van der Waals surface area contributed by atoms with Crippen LogP contribution in [0.15, 0.2) is 30.3 Å². The van der Waals surface area contributed by atoms with Crippen LogP contribution in [-0.4, -0.2) is 80.4 Å². The minimum atomic E-state index is 0.206. The van der Waals surface area contributed by atoms with Gasteiger partial charge in [0.15, 0.2) is 12.6 Å². The Morgan fingerprint density at radius 1 is 1.10 bits per heavy atom. The summed E-state index contributed by atoms with van der Waals surface area (Å²) in [4.78, 5) is 5.21. The SMILES string of the molecule is COCOc1ccccc1-c1cc2c(nn1)NC[C@H]1CN(C3CCNCC3)CCN21. The quantitative estimate of drug-likeness (QED) is 0.723. The zero-order chi connectivity index (χ0) is 20.3. The van der Waals surface area contributed by atoms with Crippen LogP contribution in [-0.2, 0) is 4.74 Å². The van der Waals surface area contributed by atoms with Gasteiger partial charge in [-0.1, -0.05) is 12.1 Å². The van der Waals surface area contributed by atoms with Crippen LogP contribution >= 0.6 is 0 Å². The highest BCUT2D eigenvalue weighted by molar-refractivity contribution is 5.76. The maximum atomic E-state index is 5.74. The molecule has 1 atom stereocenters. The van der Waals surface area contributed by atoms with E-state index < -0.39 is 0 Å². The molecule has 8 nitrogen and oxygen atoms in total. The molecule has 0 spiro atoms. The number of aromatic nitrogens is 2. The van der Waals surface area contributed by atoms with Gasteiger partial charge in [0.1, 0.15) is 5.75 Å². The number of benzene rings is 1. The van der Waals surface area contributed by atoms with Gasteiger partial charge in [-0.25, -0.2) is 0 Å². The minimum Gasteiger partial charge on any atom is -0.467 e. The average molecular weight is 411 g/mol. The fourth-order valence-corrected chi connectivity index (χ4v) is 4.87. The highest BCUT2D eigenvalue weighted by Gasteiger charge is 2.35. The first-order chi connectivity index (χ1) is 14.8. The van der Waals surface area contributed by atoms with Crippen molar-refractivity contribution in [2.75, 3.05) is 63.4 Å². The molecule has 8 heteroatoms. The van der Waals surface area contributed by atoms with E-state index >= 15 is 0 Å². The van der Waals surface area contributed by atoms with Gasteiger partial charge in [0, 0.05) is 44.9 Å². The molecule has 2 saturated heterocycles. The van der Waals surface area contributed by atoms with Gasteiger partial charge >= 0.3 is 0 Å². The van der Waals surface area contributed by atoms with Crippen molar-refractivity contribution < 1.29 is 9.47 Å². The number of methoxy groups -OCH3 is 1. The highest BCUT2D eigenvalue weighted by atomic mass is 16.7. The molecule has 30 heavy (non-hydrogen) atoms. The number of anilines is 2. The number of rotatable bonds is 5. The smallest absolute Gasteiger partial charge is 0.188 e. The van der Waals surface area contributed by atoms with Gasteiger partial charge in [-0.2, -0.15) is 0 Å². The summed E-state index contributed by atoms with van der Waals surface area (Å²) in [6.45, 7) is 6.62. The Morgan fingerprint density at radius 3 is 2.83 bits per heavy atom. The maximum Gasteiger partial charge on any atom is 0.188 e. The monoisotopic (exact) mass is 410 g/mol. The van der Waals surface area contributed by atoms with Crippen molar-refractivity contribution in [2.45, 2.75) is 24.9 Å². The number of piperazine rings is 1. The van der Waals surface area contributed by atoms with Crippen LogP contribution < -0.4 is 20.3 Å². The van der Waals surface area contributed by atoms with Gasteiger partial charge in [-0.15, -0.1) is 10.2 Å². The topological polar surface area (TPSA) is 74.8 Å². The molecule has 2 fully saturated rings. The van der Waals surface area contributed by atoms with E-state index in [0.717, 1.165) is 67.8 Å². The van der Waals surface area contributed by atoms with E-state index in [2.05, 4.69) is 36.7 Å². The Hall–Kier alpha value is -2.42. The summed E-state index contributed by atoms with van der Waals surface area (Å²) in [6, 6.07) is 11.2. The van der Waals surface area contributed by atoms with Gasteiger partial charge in [0.05, 0.1) is 17.4 Å². The molecular weight excluding hydrogens is 380 g/mol. The first kappa shape index (κ1) is 19.5. The van der Waals surface area contributed by atoms with E-state index in [1.807, 2.05) is 24.3 Å². The summed E-state index contributed by atoms with van der Waals surface area (Å²) in [5, 5.41) is 16.0. The van der Waals surface area contributed by atoms with Gasteiger partial charge in [0.25, 0.3) is 0 Å². The number of hydrogen-bond donors (Lipinski definition) is 2. The van der Waals surface area contributed by atoms with Gasteiger partial charge < -0.3 is 25.0 Å².